The summed E-state index contributed by atoms with van der Waals surface area (Å²) in [4.78, 5) is 10.4. The molecule has 0 saturated carbocycles. The van der Waals surface area contributed by atoms with Crippen LogP contribution in [0.5, 0.6) is 5.75 Å². The van der Waals surface area contributed by atoms with Gasteiger partial charge in [0.2, 0.25) is 0 Å². The molecular weight excluding hydrogens is 204 g/mol. The Morgan fingerprint density at radius 2 is 1.56 bits per heavy atom. The summed E-state index contributed by atoms with van der Waals surface area (Å²) in [5.41, 5.74) is 1.63. The summed E-state index contributed by atoms with van der Waals surface area (Å²) in [6, 6.07) is 16.4. The number of carboxylic acid groups (broad SMARTS) is 1. The quantitative estimate of drug-likeness (QED) is 0.566. The second-order valence-electron chi connectivity index (χ2n) is 3.21. The maximum absolute atomic E-state index is 10.4. The molecule has 0 saturated heterocycles. The minimum Gasteiger partial charge on any atom is -0.513 e. The Kier molecular flexibility index (Phi) is 2.87. The Bertz CT molecular complexity index is 492. The predicted octanol–water partition coefficient (Wildman–Crippen LogP) is 2.08. The van der Waals surface area contributed by atoms with Crippen molar-refractivity contribution in [1.82, 2.24) is 0 Å². The average molecular weight is 213 g/mol. The molecule has 80 valence electrons. The fourth-order valence-corrected chi connectivity index (χ4v) is 1.50. The van der Waals surface area contributed by atoms with Crippen molar-refractivity contribution in [3.8, 4) is 16.9 Å². The number of ether oxygens (including phenoxy) is 1. The van der Waals surface area contributed by atoms with Crippen LogP contribution in [-0.4, -0.2) is 6.16 Å². The molecule has 0 spiro atoms. The maximum Gasteiger partial charge on any atom is 0.257 e. The minimum absolute atomic E-state index is 0.286. The first kappa shape index (κ1) is 10.2. The van der Waals surface area contributed by atoms with Gasteiger partial charge in [0.25, 0.3) is 6.16 Å². The second-order valence-corrected chi connectivity index (χ2v) is 3.21. The molecule has 0 aliphatic carbocycles. The first-order valence-corrected chi connectivity index (χ1v) is 4.80. The van der Waals surface area contributed by atoms with E-state index in [2.05, 4.69) is 4.74 Å². The molecule has 0 unspecified atom stereocenters. The summed E-state index contributed by atoms with van der Waals surface area (Å²) < 4.78 is 4.61. The highest BCUT2D eigenvalue weighted by atomic mass is 16.7. The SMILES string of the molecule is O=C([O-])Oc1ccccc1-c1ccccc1. The highest BCUT2D eigenvalue weighted by Crippen LogP contribution is 2.29. The van der Waals surface area contributed by atoms with E-state index in [0.29, 0.717) is 0 Å². The lowest BCUT2D eigenvalue weighted by atomic mass is 10.1. The molecule has 2 rings (SSSR count). The van der Waals surface area contributed by atoms with Gasteiger partial charge in [-0.25, -0.2) is 0 Å². The van der Waals surface area contributed by atoms with Crippen LogP contribution in [0.3, 0.4) is 0 Å². The molecule has 0 N–H and O–H groups in total. The zero-order valence-electron chi connectivity index (χ0n) is 8.42. The summed E-state index contributed by atoms with van der Waals surface area (Å²) in [5.74, 6) is 0.286. The molecule has 3 nitrogen and oxygen atoms in total. The van der Waals surface area contributed by atoms with Gasteiger partial charge in [0, 0.05) is 5.56 Å². The summed E-state index contributed by atoms with van der Waals surface area (Å²) in [7, 11) is 0. The normalized spacial score (nSPS) is 9.75. The lowest BCUT2D eigenvalue weighted by Crippen LogP contribution is -2.26. The van der Waals surface area contributed by atoms with E-state index in [1.165, 1.54) is 0 Å². The van der Waals surface area contributed by atoms with E-state index in [1.807, 2.05) is 36.4 Å². The van der Waals surface area contributed by atoms with Crippen LogP contribution in [0.2, 0.25) is 0 Å². The summed E-state index contributed by atoms with van der Waals surface area (Å²) in [6.45, 7) is 0. The van der Waals surface area contributed by atoms with Gasteiger partial charge in [-0.05, 0) is 11.6 Å². The lowest BCUT2D eigenvalue weighted by Gasteiger charge is -2.13. The van der Waals surface area contributed by atoms with Gasteiger partial charge in [-0.3, -0.25) is 0 Å². The fraction of sp³-hybridized carbons (Fsp3) is 0. The van der Waals surface area contributed by atoms with Gasteiger partial charge in [0.1, 0.15) is 0 Å². The Hall–Kier alpha value is -2.29. The van der Waals surface area contributed by atoms with Crippen molar-refractivity contribution in [2.24, 2.45) is 0 Å². The zero-order valence-corrected chi connectivity index (χ0v) is 8.42. The van der Waals surface area contributed by atoms with Gasteiger partial charge in [-0.2, -0.15) is 0 Å². The Morgan fingerprint density at radius 3 is 2.25 bits per heavy atom. The fourth-order valence-electron chi connectivity index (χ4n) is 1.50. The van der Waals surface area contributed by atoms with E-state index in [-0.39, 0.29) is 5.75 Å². The number of hydrogen-bond acceptors (Lipinski definition) is 3. The molecule has 2 aromatic rings. The van der Waals surface area contributed by atoms with E-state index in [9.17, 15) is 9.90 Å². The van der Waals surface area contributed by atoms with Crippen LogP contribution in [0.15, 0.2) is 54.6 Å². The molecule has 0 bridgehead atoms. The predicted molar refractivity (Wildman–Crippen MR) is 57.9 cm³/mol. The van der Waals surface area contributed by atoms with Gasteiger partial charge in [0.05, 0.1) is 5.75 Å². The average Bonchev–Trinajstić information content (AvgIpc) is 2.30. The first-order valence-electron chi connectivity index (χ1n) is 4.80. The molecular formula is C13H9O3-. The molecule has 2 aromatic carbocycles. The molecule has 0 aromatic heterocycles. The summed E-state index contributed by atoms with van der Waals surface area (Å²) >= 11 is 0. The van der Waals surface area contributed by atoms with E-state index in [1.54, 1.807) is 18.2 Å². The van der Waals surface area contributed by atoms with Crippen molar-refractivity contribution in [2.45, 2.75) is 0 Å². The van der Waals surface area contributed by atoms with E-state index in [0.717, 1.165) is 11.1 Å². The molecule has 0 heterocycles. The van der Waals surface area contributed by atoms with Crippen LogP contribution in [0, 0.1) is 0 Å². The van der Waals surface area contributed by atoms with Gasteiger partial charge < -0.3 is 14.6 Å². The molecule has 0 amide bonds. The third-order valence-corrected chi connectivity index (χ3v) is 2.17. The second kappa shape index (κ2) is 4.49. The number of para-hydroxylation sites is 1. The Morgan fingerprint density at radius 1 is 0.938 bits per heavy atom. The van der Waals surface area contributed by atoms with E-state index < -0.39 is 6.16 Å². The molecule has 0 aliphatic heterocycles. The van der Waals surface area contributed by atoms with Crippen LogP contribution in [0.25, 0.3) is 11.1 Å². The van der Waals surface area contributed by atoms with E-state index >= 15 is 0 Å². The number of rotatable bonds is 2. The highest BCUT2D eigenvalue weighted by Gasteiger charge is 2.02. The third kappa shape index (κ3) is 2.20. The van der Waals surface area contributed by atoms with Crippen LogP contribution in [0.4, 0.5) is 4.79 Å². The number of carbonyl (C=O) groups is 1. The van der Waals surface area contributed by atoms with Crippen molar-refractivity contribution < 1.29 is 14.6 Å². The monoisotopic (exact) mass is 213 g/mol. The zero-order chi connectivity index (χ0) is 11.4. The lowest BCUT2D eigenvalue weighted by molar-refractivity contribution is -0.271. The maximum atomic E-state index is 10.4. The first-order chi connectivity index (χ1) is 7.77. The van der Waals surface area contributed by atoms with Crippen LogP contribution in [0.1, 0.15) is 0 Å². The number of hydrogen-bond donors (Lipinski definition) is 0. The van der Waals surface area contributed by atoms with Crippen molar-refractivity contribution in [3.05, 3.63) is 54.6 Å². The van der Waals surface area contributed by atoms with Crippen molar-refractivity contribution in [2.75, 3.05) is 0 Å². The van der Waals surface area contributed by atoms with Crippen LogP contribution in [-0.2, 0) is 0 Å². The standard InChI is InChI=1S/C13H10O3/c14-13(15)16-12-9-5-4-8-11(12)10-6-2-1-3-7-10/h1-9H,(H,14,15)/p-1. The van der Waals surface area contributed by atoms with Gasteiger partial charge in [0.15, 0.2) is 0 Å². The molecule has 0 fully saturated rings. The number of benzene rings is 2. The molecule has 0 radical (unpaired) electrons. The van der Waals surface area contributed by atoms with Gasteiger partial charge in [-0.15, -0.1) is 0 Å². The summed E-state index contributed by atoms with van der Waals surface area (Å²) in [6.07, 6.45) is -1.55. The van der Waals surface area contributed by atoms with Crippen molar-refractivity contribution in [1.29, 1.82) is 0 Å². The van der Waals surface area contributed by atoms with Crippen LogP contribution < -0.4 is 9.84 Å². The van der Waals surface area contributed by atoms with Crippen molar-refractivity contribution >= 4 is 6.16 Å². The van der Waals surface area contributed by atoms with Gasteiger partial charge in [-0.1, -0.05) is 48.5 Å². The molecule has 0 atom stereocenters. The minimum atomic E-state index is -1.55. The smallest absolute Gasteiger partial charge is 0.257 e. The topological polar surface area (TPSA) is 49.4 Å². The largest absolute Gasteiger partial charge is 0.513 e. The molecule has 3 heteroatoms. The van der Waals surface area contributed by atoms with Crippen LogP contribution >= 0.6 is 0 Å². The summed E-state index contributed by atoms with van der Waals surface area (Å²) in [5, 5.41) is 10.4. The highest BCUT2D eigenvalue weighted by molar-refractivity contribution is 5.73. The molecule has 0 aliphatic rings. The van der Waals surface area contributed by atoms with E-state index in [4.69, 9.17) is 0 Å². The third-order valence-electron chi connectivity index (χ3n) is 2.17. The Balaban J connectivity index is 2.44. The number of carbonyl (C=O) groups excluding carboxylic acids is 1. The Labute approximate surface area is 92.9 Å². The molecule has 16 heavy (non-hydrogen) atoms. The van der Waals surface area contributed by atoms with Gasteiger partial charge >= 0.3 is 0 Å². The van der Waals surface area contributed by atoms with Crippen molar-refractivity contribution in [3.63, 3.8) is 0 Å².